The van der Waals surface area contributed by atoms with Gasteiger partial charge in [-0.25, -0.2) is 18.6 Å². The summed E-state index contributed by atoms with van der Waals surface area (Å²) in [6.07, 6.45) is 3.62. The molecule has 1 N–H and O–H groups in total. The van der Waals surface area contributed by atoms with Crippen LogP contribution in [0.2, 0.25) is 0 Å². The van der Waals surface area contributed by atoms with E-state index in [0.29, 0.717) is 34.8 Å². The molecule has 0 spiro atoms. The quantitative estimate of drug-likeness (QED) is 0.618. The number of nitrogens with one attached hydrogen (secondary N) is 1. The van der Waals surface area contributed by atoms with Gasteiger partial charge in [0.15, 0.2) is 6.61 Å². The second-order valence-electron chi connectivity index (χ2n) is 7.31. The van der Waals surface area contributed by atoms with Gasteiger partial charge < -0.3 is 10.1 Å². The van der Waals surface area contributed by atoms with Gasteiger partial charge in [-0.15, -0.1) is 11.3 Å². The molecule has 1 aliphatic rings. The van der Waals surface area contributed by atoms with Crippen molar-refractivity contribution in [1.82, 2.24) is 9.55 Å². The van der Waals surface area contributed by atoms with Gasteiger partial charge in [0.25, 0.3) is 11.5 Å². The molecule has 0 fully saturated rings. The number of halogens is 2. The number of hydrogen-bond donors (Lipinski definition) is 1. The number of carbonyl (C=O) groups is 2. The predicted octanol–water partition coefficient (Wildman–Crippen LogP) is 3.57. The number of hydrogen-bond acceptors (Lipinski definition) is 6. The molecule has 10 heteroatoms. The number of rotatable bonds is 4. The van der Waals surface area contributed by atoms with E-state index in [2.05, 4.69) is 10.3 Å². The number of thiophene rings is 1. The Balaban J connectivity index is 1.51. The molecular weight excluding hydrogens is 428 g/mol. The minimum atomic E-state index is -0.842. The summed E-state index contributed by atoms with van der Waals surface area (Å²) in [6.45, 7) is 1.61. The van der Waals surface area contributed by atoms with Gasteiger partial charge in [0.05, 0.1) is 5.39 Å². The van der Waals surface area contributed by atoms with Crippen molar-refractivity contribution in [1.29, 1.82) is 0 Å². The SMILES string of the molecule is Cc1c(C(=O)OCC(=O)Nc2cc(F)cc(F)c2)sc2nc3n(c(=O)c12)CCCCC3. The second kappa shape index (κ2) is 8.54. The monoisotopic (exact) mass is 447 g/mol. The van der Waals surface area contributed by atoms with Crippen molar-refractivity contribution in [3.8, 4) is 0 Å². The van der Waals surface area contributed by atoms with Gasteiger partial charge in [-0.05, 0) is 37.5 Å². The third kappa shape index (κ3) is 4.34. The zero-order valence-electron chi connectivity index (χ0n) is 16.7. The zero-order valence-corrected chi connectivity index (χ0v) is 17.5. The summed E-state index contributed by atoms with van der Waals surface area (Å²) in [5.74, 6) is -2.48. The Morgan fingerprint density at radius 2 is 1.94 bits per heavy atom. The topological polar surface area (TPSA) is 90.3 Å². The highest BCUT2D eigenvalue weighted by molar-refractivity contribution is 7.20. The van der Waals surface area contributed by atoms with Gasteiger partial charge in [0.1, 0.15) is 27.2 Å². The molecule has 0 saturated heterocycles. The van der Waals surface area contributed by atoms with Crippen LogP contribution in [0.4, 0.5) is 14.5 Å². The number of benzene rings is 1. The van der Waals surface area contributed by atoms with Crippen LogP contribution >= 0.6 is 11.3 Å². The number of amides is 1. The molecule has 2 aromatic heterocycles. The maximum atomic E-state index is 13.2. The van der Waals surface area contributed by atoms with Gasteiger partial charge in [-0.2, -0.15) is 0 Å². The molecule has 4 rings (SSSR count). The average molecular weight is 447 g/mol. The molecule has 31 heavy (non-hydrogen) atoms. The molecule has 1 amide bonds. The van der Waals surface area contributed by atoms with Crippen LogP contribution in [-0.2, 0) is 22.5 Å². The molecule has 0 unspecified atom stereocenters. The fraction of sp³-hybridized carbons (Fsp3) is 0.333. The molecule has 0 atom stereocenters. The summed E-state index contributed by atoms with van der Waals surface area (Å²) in [7, 11) is 0. The summed E-state index contributed by atoms with van der Waals surface area (Å²) in [6, 6.07) is 2.57. The lowest BCUT2D eigenvalue weighted by Gasteiger charge is -2.08. The number of fused-ring (bicyclic) bond motifs is 2. The fourth-order valence-corrected chi connectivity index (χ4v) is 4.71. The average Bonchev–Trinajstić information content (AvgIpc) is 2.87. The first kappa shape index (κ1) is 21.1. The van der Waals surface area contributed by atoms with Crippen molar-refractivity contribution >= 4 is 39.1 Å². The molecule has 1 aliphatic heterocycles. The van der Waals surface area contributed by atoms with E-state index in [1.165, 1.54) is 0 Å². The van der Waals surface area contributed by atoms with E-state index in [-0.39, 0.29) is 16.1 Å². The number of nitrogens with zero attached hydrogens (tertiary/aromatic N) is 2. The van der Waals surface area contributed by atoms with E-state index in [1.54, 1.807) is 11.5 Å². The van der Waals surface area contributed by atoms with E-state index in [0.717, 1.165) is 48.6 Å². The highest BCUT2D eigenvalue weighted by atomic mass is 32.1. The highest BCUT2D eigenvalue weighted by Crippen LogP contribution is 2.29. The Bertz CT molecular complexity index is 1230. The number of aromatic nitrogens is 2. The van der Waals surface area contributed by atoms with Crippen LogP contribution in [0.3, 0.4) is 0 Å². The standard InChI is InChI=1S/C21H19F2N3O4S/c1-11-17-19(25-15-5-3-2-4-6-26(15)20(17)28)31-18(11)21(29)30-10-16(27)24-14-8-12(22)7-13(23)9-14/h7-9H,2-6,10H2,1H3,(H,24,27). The lowest BCUT2D eigenvalue weighted by atomic mass is 10.2. The number of esters is 1. The van der Waals surface area contributed by atoms with Gasteiger partial charge in [-0.1, -0.05) is 6.42 Å². The maximum Gasteiger partial charge on any atom is 0.349 e. The second-order valence-corrected chi connectivity index (χ2v) is 8.31. The Morgan fingerprint density at radius 3 is 2.68 bits per heavy atom. The number of aryl methyl sites for hydroxylation is 2. The Kier molecular flexibility index (Phi) is 5.81. The van der Waals surface area contributed by atoms with Crippen LogP contribution in [0.25, 0.3) is 10.2 Å². The van der Waals surface area contributed by atoms with Gasteiger partial charge in [0, 0.05) is 24.7 Å². The fourth-order valence-electron chi connectivity index (χ4n) is 3.62. The third-order valence-electron chi connectivity index (χ3n) is 5.08. The predicted molar refractivity (Wildman–Crippen MR) is 111 cm³/mol. The van der Waals surface area contributed by atoms with Crippen LogP contribution in [0.15, 0.2) is 23.0 Å². The highest BCUT2D eigenvalue weighted by Gasteiger charge is 2.23. The van der Waals surface area contributed by atoms with Crippen LogP contribution < -0.4 is 10.9 Å². The summed E-state index contributed by atoms with van der Waals surface area (Å²) in [4.78, 5) is 42.8. The van der Waals surface area contributed by atoms with Crippen molar-refractivity contribution in [2.75, 3.05) is 11.9 Å². The van der Waals surface area contributed by atoms with E-state index in [1.807, 2.05) is 0 Å². The minimum absolute atomic E-state index is 0.0877. The van der Waals surface area contributed by atoms with Crippen molar-refractivity contribution in [2.24, 2.45) is 0 Å². The largest absolute Gasteiger partial charge is 0.451 e. The smallest absolute Gasteiger partial charge is 0.349 e. The first-order chi connectivity index (χ1) is 14.8. The van der Waals surface area contributed by atoms with E-state index in [4.69, 9.17) is 4.74 Å². The molecule has 3 heterocycles. The molecule has 3 aromatic rings. The van der Waals surface area contributed by atoms with Crippen molar-refractivity contribution in [3.63, 3.8) is 0 Å². The summed E-state index contributed by atoms with van der Waals surface area (Å²) < 4.78 is 33.2. The zero-order chi connectivity index (χ0) is 22.1. The van der Waals surface area contributed by atoms with Crippen LogP contribution in [0, 0.1) is 18.6 Å². The summed E-state index contributed by atoms with van der Waals surface area (Å²) in [5.41, 5.74) is 0.213. The lowest BCUT2D eigenvalue weighted by molar-refractivity contribution is -0.119. The van der Waals surface area contributed by atoms with E-state index >= 15 is 0 Å². The van der Waals surface area contributed by atoms with Crippen molar-refractivity contribution in [3.05, 3.63) is 56.5 Å². The lowest BCUT2D eigenvalue weighted by Crippen LogP contribution is -2.24. The van der Waals surface area contributed by atoms with Gasteiger partial charge in [-0.3, -0.25) is 14.2 Å². The molecule has 0 aliphatic carbocycles. The normalized spacial score (nSPS) is 13.5. The minimum Gasteiger partial charge on any atom is -0.451 e. The molecule has 0 saturated carbocycles. The Morgan fingerprint density at radius 1 is 1.19 bits per heavy atom. The van der Waals surface area contributed by atoms with Crippen molar-refractivity contribution in [2.45, 2.75) is 39.2 Å². The Labute approximate surface area is 179 Å². The molecule has 1 aromatic carbocycles. The van der Waals surface area contributed by atoms with Crippen molar-refractivity contribution < 1.29 is 23.1 Å². The molecule has 7 nitrogen and oxygen atoms in total. The van der Waals surface area contributed by atoms with E-state index < -0.39 is 30.1 Å². The van der Waals surface area contributed by atoms with Gasteiger partial charge in [0.2, 0.25) is 0 Å². The van der Waals surface area contributed by atoms with Crippen LogP contribution in [0.5, 0.6) is 0 Å². The number of carbonyl (C=O) groups excluding carboxylic acids is 2. The molecule has 162 valence electrons. The molecular formula is C21H19F2N3O4S. The number of anilines is 1. The summed E-state index contributed by atoms with van der Waals surface area (Å²) >= 11 is 1.06. The summed E-state index contributed by atoms with van der Waals surface area (Å²) in [5, 5.41) is 2.66. The molecule has 0 radical (unpaired) electrons. The van der Waals surface area contributed by atoms with E-state index in [9.17, 15) is 23.2 Å². The third-order valence-corrected chi connectivity index (χ3v) is 6.24. The molecule has 0 bridgehead atoms. The van der Waals surface area contributed by atoms with Crippen LogP contribution in [-0.4, -0.2) is 28.0 Å². The first-order valence-corrected chi connectivity index (χ1v) is 10.6. The van der Waals surface area contributed by atoms with Gasteiger partial charge >= 0.3 is 5.97 Å². The number of ether oxygens (including phenoxy) is 1. The maximum absolute atomic E-state index is 13.2. The first-order valence-electron chi connectivity index (χ1n) is 9.79. The van der Waals surface area contributed by atoms with Crippen LogP contribution in [0.1, 0.15) is 40.3 Å². The Hall–Kier alpha value is -3.14.